The summed E-state index contributed by atoms with van der Waals surface area (Å²) in [6, 6.07) is 10.9. The minimum atomic E-state index is 0.626. The monoisotopic (exact) mass is 309 g/mol. The van der Waals surface area contributed by atoms with Crippen LogP contribution in [0.1, 0.15) is 31.5 Å². The minimum Gasteiger partial charge on any atom is -0.341 e. The fourth-order valence-electron chi connectivity index (χ4n) is 3.58. The first kappa shape index (κ1) is 14.5. The molecule has 1 N–H and O–H groups in total. The molecule has 0 aliphatic carbocycles. The summed E-state index contributed by atoms with van der Waals surface area (Å²) in [5.74, 6) is 1.08. The summed E-state index contributed by atoms with van der Waals surface area (Å²) in [6.07, 6.45) is 8.96. The Bertz CT molecular complexity index is 713. The molecule has 1 aromatic carbocycles. The number of aromatic amines is 1. The molecule has 0 amide bonds. The summed E-state index contributed by atoms with van der Waals surface area (Å²) in [7, 11) is 0. The molecule has 2 aromatic heterocycles. The highest BCUT2D eigenvalue weighted by Gasteiger charge is 2.23. The van der Waals surface area contributed by atoms with Gasteiger partial charge < -0.3 is 4.98 Å². The molecule has 1 unspecified atom stereocenters. The fraction of sp³-hybridized carbons (Fsp3) is 0.444. The summed E-state index contributed by atoms with van der Waals surface area (Å²) in [6.45, 7) is 3.08. The minimum absolute atomic E-state index is 0.626. The Morgan fingerprint density at radius 3 is 3.00 bits per heavy atom. The molecule has 120 valence electrons. The average molecular weight is 309 g/mol. The maximum absolute atomic E-state index is 4.74. The highest BCUT2D eigenvalue weighted by molar-refractivity contribution is 5.74. The maximum atomic E-state index is 4.74. The first-order valence-corrected chi connectivity index (χ1v) is 8.53. The zero-order valence-corrected chi connectivity index (χ0v) is 13.4. The SMILES string of the molecule is c1ccc2[nH]c(CN3CCCCC3CCn3cccn3)nc2c1. The Hall–Kier alpha value is -2.14. The molecule has 1 atom stereocenters. The van der Waals surface area contributed by atoms with Crippen LogP contribution in [0.3, 0.4) is 0 Å². The lowest BCUT2D eigenvalue weighted by atomic mass is 9.99. The number of H-pyrrole nitrogens is 1. The van der Waals surface area contributed by atoms with Gasteiger partial charge in [-0.05, 0) is 44.0 Å². The summed E-state index contributed by atoms with van der Waals surface area (Å²) in [4.78, 5) is 10.8. The van der Waals surface area contributed by atoms with E-state index in [2.05, 4.69) is 33.2 Å². The normalized spacial score (nSPS) is 19.4. The van der Waals surface area contributed by atoms with Crippen molar-refractivity contribution in [2.45, 2.75) is 44.8 Å². The van der Waals surface area contributed by atoms with E-state index in [-0.39, 0.29) is 0 Å². The number of hydrogen-bond donors (Lipinski definition) is 1. The number of likely N-dealkylation sites (tertiary alicyclic amines) is 1. The van der Waals surface area contributed by atoms with Crippen LogP contribution in [0, 0.1) is 0 Å². The van der Waals surface area contributed by atoms with Crippen LogP contribution in [0.5, 0.6) is 0 Å². The van der Waals surface area contributed by atoms with Crippen molar-refractivity contribution in [3.8, 4) is 0 Å². The lowest BCUT2D eigenvalue weighted by molar-refractivity contribution is 0.124. The van der Waals surface area contributed by atoms with Gasteiger partial charge in [0.05, 0.1) is 17.6 Å². The Kier molecular flexibility index (Phi) is 4.11. The first-order chi connectivity index (χ1) is 11.4. The van der Waals surface area contributed by atoms with Crippen molar-refractivity contribution in [2.75, 3.05) is 6.54 Å². The van der Waals surface area contributed by atoms with Crippen LogP contribution in [0.25, 0.3) is 11.0 Å². The van der Waals surface area contributed by atoms with Crippen molar-refractivity contribution >= 4 is 11.0 Å². The molecule has 3 aromatic rings. The van der Waals surface area contributed by atoms with Crippen LogP contribution >= 0.6 is 0 Å². The van der Waals surface area contributed by atoms with Gasteiger partial charge in [-0.15, -0.1) is 0 Å². The van der Waals surface area contributed by atoms with Crippen molar-refractivity contribution in [1.29, 1.82) is 0 Å². The second-order valence-corrected chi connectivity index (χ2v) is 6.38. The zero-order chi connectivity index (χ0) is 15.5. The predicted molar refractivity (Wildman–Crippen MR) is 91.0 cm³/mol. The van der Waals surface area contributed by atoms with Gasteiger partial charge in [0.25, 0.3) is 0 Å². The number of hydrogen-bond acceptors (Lipinski definition) is 3. The van der Waals surface area contributed by atoms with Gasteiger partial charge in [0.15, 0.2) is 0 Å². The van der Waals surface area contributed by atoms with Crippen LogP contribution in [0.15, 0.2) is 42.7 Å². The van der Waals surface area contributed by atoms with Crippen LogP contribution in [0.2, 0.25) is 0 Å². The Balaban J connectivity index is 1.44. The number of nitrogens with one attached hydrogen (secondary N) is 1. The number of para-hydroxylation sites is 2. The number of aryl methyl sites for hydroxylation is 1. The molecule has 1 fully saturated rings. The third-order valence-electron chi connectivity index (χ3n) is 4.79. The van der Waals surface area contributed by atoms with Gasteiger partial charge in [-0.25, -0.2) is 4.98 Å². The number of rotatable bonds is 5. The molecule has 5 nitrogen and oxygen atoms in total. The Morgan fingerprint density at radius 2 is 2.13 bits per heavy atom. The molecule has 0 bridgehead atoms. The lowest BCUT2D eigenvalue weighted by Gasteiger charge is -2.35. The van der Waals surface area contributed by atoms with Crippen LogP contribution in [0.4, 0.5) is 0 Å². The van der Waals surface area contributed by atoms with Gasteiger partial charge in [0.2, 0.25) is 0 Å². The largest absolute Gasteiger partial charge is 0.341 e. The van der Waals surface area contributed by atoms with E-state index in [9.17, 15) is 0 Å². The quantitative estimate of drug-likeness (QED) is 0.787. The smallest absolute Gasteiger partial charge is 0.121 e. The standard InChI is InChI=1S/C18H23N5/c1-2-8-17-16(7-1)20-18(21-17)14-22-11-4-3-6-15(22)9-13-23-12-5-10-19-23/h1-2,5,7-8,10,12,15H,3-4,6,9,11,13-14H2,(H,20,21). The number of benzene rings is 1. The molecule has 0 radical (unpaired) electrons. The zero-order valence-electron chi connectivity index (χ0n) is 13.4. The molecule has 1 aliphatic rings. The molecule has 1 saturated heterocycles. The number of piperidine rings is 1. The molecule has 4 rings (SSSR count). The third kappa shape index (κ3) is 3.29. The number of imidazole rings is 1. The van der Waals surface area contributed by atoms with Crippen molar-refractivity contribution in [1.82, 2.24) is 24.6 Å². The van der Waals surface area contributed by atoms with E-state index in [1.54, 1.807) is 0 Å². The van der Waals surface area contributed by atoms with Crippen molar-refractivity contribution in [3.05, 3.63) is 48.5 Å². The fourth-order valence-corrected chi connectivity index (χ4v) is 3.58. The predicted octanol–water partition coefficient (Wildman–Crippen LogP) is 3.20. The number of fused-ring (bicyclic) bond motifs is 1. The van der Waals surface area contributed by atoms with Gasteiger partial charge in [-0.2, -0.15) is 5.10 Å². The van der Waals surface area contributed by atoms with Crippen LogP contribution in [-0.2, 0) is 13.1 Å². The molecule has 3 heterocycles. The van der Waals surface area contributed by atoms with E-state index in [4.69, 9.17) is 4.98 Å². The highest BCUT2D eigenvalue weighted by atomic mass is 15.3. The second kappa shape index (κ2) is 6.54. The van der Waals surface area contributed by atoms with E-state index < -0.39 is 0 Å². The average Bonchev–Trinajstić information content (AvgIpc) is 3.23. The number of nitrogens with zero attached hydrogens (tertiary/aromatic N) is 4. The lowest BCUT2D eigenvalue weighted by Crippen LogP contribution is -2.39. The Labute approximate surface area is 136 Å². The topological polar surface area (TPSA) is 49.7 Å². The van der Waals surface area contributed by atoms with E-state index >= 15 is 0 Å². The Morgan fingerprint density at radius 1 is 1.17 bits per heavy atom. The van der Waals surface area contributed by atoms with E-state index in [0.29, 0.717) is 6.04 Å². The molecular formula is C18H23N5. The molecular weight excluding hydrogens is 286 g/mol. The molecule has 1 aliphatic heterocycles. The van der Waals surface area contributed by atoms with Crippen LogP contribution in [-0.4, -0.2) is 37.2 Å². The second-order valence-electron chi connectivity index (χ2n) is 6.38. The van der Waals surface area contributed by atoms with Gasteiger partial charge >= 0.3 is 0 Å². The van der Waals surface area contributed by atoms with Gasteiger partial charge in [0.1, 0.15) is 5.82 Å². The van der Waals surface area contributed by atoms with E-state index in [0.717, 1.165) is 36.4 Å². The molecule has 23 heavy (non-hydrogen) atoms. The first-order valence-electron chi connectivity index (χ1n) is 8.53. The summed E-state index contributed by atoms with van der Waals surface area (Å²) >= 11 is 0. The van der Waals surface area contributed by atoms with Gasteiger partial charge in [0, 0.05) is 25.0 Å². The molecule has 5 heteroatoms. The summed E-state index contributed by atoms with van der Waals surface area (Å²) in [5, 5.41) is 4.32. The van der Waals surface area contributed by atoms with Crippen molar-refractivity contribution < 1.29 is 0 Å². The highest BCUT2D eigenvalue weighted by Crippen LogP contribution is 2.22. The van der Waals surface area contributed by atoms with Crippen molar-refractivity contribution in [3.63, 3.8) is 0 Å². The van der Waals surface area contributed by atoms with E-state index in [1.165, 1.54) is 25.8 Å². The third-order valence-corrected chi connectivity index (χ3v) is 4.79. The van der Waals surface area contributed by atoms with Crippen molar-refractivity contribution in [2.24, 2.45) is 0 Å². The maximum Gasteiger partial charge on any atom is 0.121 e. The summed E-state index contributed by atoms with van der Waals surface area (Å²) in [5.41, 5.74) is 2.19. The molecule has 0 spiro atoms. The van der Waals surface area contributed by atoms with Gasteiger partial charge in [-0.3, -0.25) is 9.58 Å². The summed E-state index contributed by atoms with van der Waals surface area (Å²) < 4.78 is 2.04. The van der Waals surface area contributed by atoms with E-state index in [1.807, 2.05) is 29.2 Å². The number of aromatic nitrogens is 4. The molecule has 0 saturated carbocycles. The van der Waals surface area contributed by atoms with Gasteiger partial charge in [-0.1, -0.05) is 18.6 Å². The van der Waals surface area contributed by atoms with Crippen LogP contribution < -0.4 is 0 Å².